The zero-order valence-electron chi connectivity index (χ0n) is 22.2. The van der Waals surface area contributed by atoms with Gasteiger partial charge in [-0.25, -0.2) is 9.29 Å². The molecule has 1 fully saturated rings. The SMILES string of the molecule is CNC(=O)c1c(-c2ccc(C)cc2)oc2nc(CN(CCCCC(C(C)=O)C(=O)O)S(=O)[O-])c(C3CC3)cc12. The smallest absolute Gasteiger partial charge is 0.314 e. The molecule has 2 N–H and O–H groups in total. The van der Waals surface area contributed by atoms with Gasteiger partial charge < -0.3 is 19.4 Å². The number of carbonyl (C=O) groups excluding carboxylic acids is 2. The van der Waals surface area contributed by atoms with Crippen molar-refractivity contribution in [2.45, 2.75) is 58.4 Å². The number of hydrogen-bond acceptors (Lipinski definition) is 7. The summed E-state index contributed by atoms with van der Waals surface area (Å²) >= 11 is -2.54. The Kier molecular flexibility index (Phi) is 8.94. The van der Waals surface area contributed by atoms with E-state index in [-0.39, 0.29) is 37.0 Å². The van der Waals surface area contributed by atoms with Crippen LogP contribution in [-0.2, 0) is 27.4 Å². The van der Waals surface area contributed by atoms with Gasteiger partial charge in [-0.05, 0) is 57.1 Å². The molecule has 39 heavy (non-hydrogen) atoms. The van der Waals surface area contributed by atoms with Gasteiger partial charge in [-0.15, -0.1) is 0 Å². The third kappa shape index (κ3) is 6.60. The summed E-state index contributed by atoms with van der Waals surface area (Å²) in [5, 5.41) is 12.5. The second kappa shape index (κ2) is 12.2. The first-order valence-corrected chi connectivity index (χ1v) is 14.0. The summed E-state index contributed by atoms with van der Waals surface area (Å²) in [5.74, 6) is -2.35. The van der Waals surface area contributed by atoms with Crippen LogP contribution in [0.4, 0.5) is 0 Å². The molecule has 0 spiro atoms. The molecule has 1 amide bonds. The van der Waals surface area contributed by atoms with Gasteiger partial charge in [0.15, 0.2) is 0 Å². The average molecular weight is 555 g/mol. The maximum Gasteiger partial charge on any atom is 0.314 e. The number of carbonyl (C=O) groups is 3. The Labute approximate surface area is 229 Å². The van der Waals surface area contributed by atoms with E-state index in [4.69, 9.17) is 9.40 Å². The number of unbranched alkanes of at least 4 members (excludes halogenated alkanes) is 1. The van der Waals surface area contributed by atoms with Gasteiger partial charge in [0.2, 0.25) is 5.71 Å². The summed E-state index contributed by atoms with van der Waals surface area (Å²) in [6.45, 7) is 3.38. The molecule has 2 unspecified atom stereocenters. The van der Waals surface area contributed by atoms with E-state index < -0.39 is 28.9 Å². The summed E-state index contributed by atoms with van der Waals surface area (Å²) in [5.41, 5.74) is 3.90. The molecule has 2 aromatic heterocycles. The van der Waals surface area contributed by atoms with Crippen molar-refractivity contribution in [2.24, 2.45) is 5.92 Å². The average Bonchev–Trinajstić information content (AvgIpc) is 3.67. The number of carboxylic acid groups (broad SMARTS) is 1. The van der Waals surface area contributed by atoms with E-state index in [0.717, 1.165) is 29.5 Å². The van der Waals surface area contributed by atoms with E-state index in [1.165, 1.54) is 11.2 Å². The lowest BCUT2D eigenvalue weighted by molar-refractivity contribution is -0.146. The highest BCUT2D eigenvalue weighted by Gasteiger charge is 2.31. The highest BCUT2D eigenvalue weighted by molar-refractivity contribution is 7.76. The van der Waals surface area contributed by atoms with Crippen molar-refractivity contribution in [1.29, 1.82) is 0 Å². The van der Waals surface area contributed by atoms with Crippen LogP contribution in [0.1, 0.15) is 72.1 Å². The third-order valence-corrected chi connectivity index (χ3v) is 7.79. The number of benzene rings is 1. The van der Waals surface area contributed by atoms with Crippen molar-refractivity contribution in [2.75, 3.05) is 13.6 Å². The van der Waals surface area contributed by atoms with Crippen LogP contribution in [0.3, 0.4) is 0 Å². The van der Waals surface area contributed by atoms with Crippen LogP contribution in [0, 0.1) is 12.8 Å². The summed E-state index contributed by atoms with van der Waals surface area (Å²) < 4.78 is 31.5. The fraction of sp³-hybridized carbons (Fsp3) is 0.429. The van der Waals surface area contributed by atoms with Gasteiger partial charge in [0.1, 0.15) is 17.5 Å². The summed E-state index contributed by atoms with van der Waals surface area (Å²) in [6, 6.07) is 9.52. The van der Waals surface area contributed by atoms with Crippen molar-refractivity contribution >= 4 is 40.0 Å². The van der Waals surface area contributed by atoms with Crippen LogP contribution in [-0.4, -0.2) is 54.4 Å². The van der Waals surface area contributed by atoms with E-state index >= 15 is 0 Å². The minimum absolute atomic E-state index is 0.0167. The highest BCUT2D eigenvalue weighted by Crippen LogP contribution is 2.44. The van der Waals surface area contributed by atoms with Gasteiger partial charge in [-0.2, -0.15) is 0 Å². The fourth-order valence-electron chi connectivity index (χ4n) is 4.72. The Hall–Kier alpha value is -3.41. The standard InChI is InChI=1S/C28H33N3O7S/c1-16-7-9-19(10-8-16)25-24(26(33)29-3)22-14-21(18-11-12-18)23(30-27(22)38-25)15-31(39(36)37)13-5-4-6-20(17(2)32)28(34)35/h7-10,14,18,20H,4-6,11-13,15H2,1-3H3,(H,29,33)(H,34,35)(H,36,37)/p-1. The van der Waals surface area contributed by atoms with Crippen molar-refractivity contribution in [3.8, 4) is 11.3 Å². The predicted octanol–water partition coefficient (Wildman–Crippen LogP) is 4.10. The first kappa shape index (κ1) is 28.6. The number of ketones is 1. The molecule has 3 aromatic rings. The number of aryl methyl sites for hydroxylation is 1. The summed E-state index contributed by atoms with van der Waals surface area (Å²) in [7, 11) is 1.56. The van der Waals surface area contributed by atoms with Gasteiger partial charge >= 0.3 is 5.97 Å². The second-order valence-electron chi connectivity index (χ2n) is 9.98. The van der Waals surface area contributed by atoms with Gasteiger partial charge in [0.25, 0.3) is 5.91 Å². The van der Waals surface area contributed by atoms with Crippen LogP contribution >= 0.6 is 0 Å². The molecule has 0 radical (unpaired) electrons. The van der Waals surface area contributed by atoms with Crippen molar-refractivity contribution in [3.05, 3.63) is 52.7 Å². The predicted molar refractivity (Wildman–Crippen MR) is 145 cm³/mol. The van der Waals surface area contributed by atoms with Crippen molar-refractivity contribution in [1.82, 2.24) is 14.6 Å². The number of nitrogens with one attached hydrogen (secondary N) is 1. The summed E-state index contributed by atoms with van der Waals surface area (Å²) in [4.78, 5) is 40.4. The van der Waals surface area contributed by atoms with Gasteiger partial charge in [-0.3, -0.25) is 18.6 Å². The third-order valence-electron chi connectivity index (χ3n) is 7.06. The number of aliphatic carboxylic acids is 1. The van der Waals surface area contributed by atoms with Crippen molar-refractivity contribution in [3.63, 3.8) is 0 Å². The number of aromatic nitrogens is 1. The first-order chi connectivity index (χ1) is 18.6. The molecule has 4 rings (SSSR count). The highest BCUT2D eigenvalue weighted by atomic mass is 32.2. The Bertz CT molecular complexity index is 1400. The van der Waals surface area contributed by atoms with Crippen molar-refractivity contribution < 1.29 is 32.7 Å². The normalized spacial score (nSPS) is 14.9. The zero-order chi connectivity index (χ0) is 28.3. The number of rotatable bonds is 13. The Morgan fingerprint density at radius 2 is 1.92 bits per heavy atom. The quantitative estimate of drug-likeness (QED) is 0.182. The molecule has 0 bridgehead atoms. The Morgan fingerprint density at radius 1 is 1.23 bits per heavy atom. The molecule has 1 aromatic carbocycles. The molecular formula is C28H32N3O7S-. The topological polar surface area (TPSA) is 153 Å². The molecule has 2 atom stereocenters. The lowest BCUT2D eigenvalue weighted by Crippen LogP contribution is -2.28. The number of Topliss-reactive ketones (excluding diaryl/α,β-unsaturated/α-hetero) is 1. The van der Waals surface area contributed by atoms with E-state index in [0.29, 0.717) is 35.2 Å². The lowest BCUT2D eigenvalue weighted by atomic mass is 9.98. The van der Waals surface area contributed by atoms with Crippen LogP contribution in [0.25, 0.3) is 22.4 Å². The van der Waals surface area contributed by atoms with Gasteiger partial charge in [0.05, 0.1) is 23.2 Å². The Morgan fingerprint density at radius 3 is 2.49 bits per heavy atom. The molecule has 10 nitrogen and oxygen atoms in total. The van der Waals surface area contributed by atoms with E-state index in [1.54, 1.807) is 7.05 Å². The molecule has 2 heterocycles. The lowest BCUT2D eigenvalue weighted by Gasteiger charge is -2.25. The van der Waals surface area contributed by atoms with Crippen LogP contribution in [0.2, 0.25) is 0 Å². The maximum absolute atomic E-state index is 12.9. The van der Waals surface area contributed by atoms with E-state index in [9.17, 15) is 28.3 Å². The zero-order valence-corrected chi connectivity index (χ0v) is 23.0. The molecule has 0 saturated heterocycles. The molecule has 1 saturated carbocycles. The van der Waals surface area contributed by atoms with E-state index in [2.05, 4.69) is 5.32 Å². The minimum atomic E-state index is -2.54. The molecule has 11 heteroatoms. The number of furan rings is 1. The maximum atomic E-state index is 12.9. The van der Waals surface area contributed by atoms with Gasteiger partial charge in [-0.1, -0.05) is 36.2 Å². The van der Waals surface area contributed by atoms with Crippen LogP contribution in [0.15, 0.2) is 34.7 Å². The monoisotopic (exact) mass is 554 g/mol. The number of amides is 1. The van der Waals surface area contributed by atoms with E-state index in [1.807, 2.05) is 37.3 Å². The van der Waals surface area contributed by atoms with Crippen LogP contribution in [0.5, 0.6) is 0 Å². The largest absolute Gasteiger partial charge is 0.760 e. The first-order valence-electron chi connectivity index (χ1n) is 12.9. The fourth-order valence-corrected chi connectivity index (χ4v) is 5.22. The number of hydrogen-bond donors (Lipinski definition) is 2. The summed E-state index contributed by atoms with van der Waals surface area (Å²) in [6.07, 6.45) is 2.82. The molecule has 208 valence electrons. The van der Waals surface area contributed by atoms with Crippen LogP contribution < -0.4 is 5.32 Å². The molecule has 1 aliphatic rings. The Balaban J connectivity index is 1.64. The molecular weight excluding hydrogens is 522 g/mol. The molecule has 1 aliphatic carbocycles. The molecule has 0 aliphatic heterocycles. The number of fused-ring (bicyclic) bond motifs is 1. The number of carboxylic acids is 1. The minimum Gasteiger partial charge on any atom is -0.760 e. The number of pyridine rings is 1. The number of nitrogens with zero attached hydrogens (tertiary/aromatic N) is 2. The second-order valence-corrected chi connectivity index (χ2v) is 10.9. The van der Waals surface area contributed by atoms with Gasteiger partial charge in [0, 0.05) is 30.4 Å².